The van der Waals surface area contributed by atoms with Gasteiger partial charge in [0.15, 0.2) is 0 Å². The molecular formula is C24H22N4OS2. The average molecular weight is 447 g/mol. The Bertz CT molecular complexity index is 1100. The summed E-state index contributed by atoms with van der Waals surface area (Å²) in [6.45, 7) is 7.29. The van der Waals surface area contributed by atoms with Crippen LogP contribution in [0.1, 0.15) is 9.75 Å². The largest absolute Gasteiger partial charge is 0.457 e. The van der Waals surface area contributed by atoms with E-state index in [2.05, 4.69) is 26.8 Å². The fourth-order valence-corrected chi connectivity index (χ4v) is 4.34. The van der Waals surface area contributed by atoms with E-state index in [1.807, 2.05) is 70.7 Å². The molecule has 3 rings (SSSR count). The lowest BCUT2D eigenvalue weighted by Gasteiger charge is -2.14. The van der Waals surface area contributed by atoms with Crippen molar-refractivity contribution in [2.45, 2.75) is 0 Å². The first-order valence-electron chi connectivity index (χ1n) is 9.43. The monoisotopic (exact) mass is 446 g/mol. The fraction of sp³-hybridized carbons (Fsp3) is 0.167. The molecule has 2 aromatic rings. The topological polar surface area (TPSA) is 43.9 Å². The molecule has 0 saturated carbocycles. The third kappa shape index (κ3) is 5.76. The number of anilines is 2. The second kappa shape index (κ2) is 9.99. The number of hydrogen-bond acceptors (Lipinski definition) is 6. The van der Waals surface area contributed by atoms with Gasteiger partial charge in [-0.15, -0.1) is 22.7 Å². The molecule has 0 aromatic carbocycles. The Labute approximate surface area is 191 Å². The molecule has 0 unspecified atom stereocenters. The lowest BCUT2D eigenvalue weighted by molar-refractivity contribution is 0.332. The Kier molecular flexibility index (Phi) is 7.15. The molecule has 0 saturated heterocycles. The van der Waals surface area contributed by atoms with E-state index >= 15 is 0 Å². The first-order valence-corrected chi connectivity index (χ1v) is 11.1. The van der Waals surface area contributed by atoms with E-state index < -0.39 is 0 Å². The van der Waals surface area contributed by atoms with Gasteiger partial charge >= 0.3 is 0 Å². The molecule has 7 heteroatoms. The molecule has 0 atom stereocenters. The maximum Gasteiger partial charge on any atom is 0.269 e. The van der Waals surface area contributed by atoms with E-state index in [9.17, 15) is 5.26 Å². The highest BCUT2D eigenvalue weighted by molar-refractivity contribution is 7.17. The zero-order valence-corrected chi connectivity index (χ0v) is 19.4. The number of thiophene rings is 2. The van der Waals surface area contributed by atoms with Crippen LogP contribution in [0.4, 0.5) is 10.0 Å². The molecule has 0 radical (unpaired) electrons. The van der Waals surface area contributed by atoms with Crippen molar-refractivity contribution < 1.29 is 4.74 Å². The highest BCUT2D eigenvalue weighted by atomic mass is 32.1. The summed E-state index contributed by atoms with van der Waals surface area (Å²) in [5, 5.41) is 11.6. The average Bonchev–Trinajstić information content (AvgIpc) is 3.41. The second-order valence-electron chi connectivity index (χ2n) is 7.03. The molecule has 1 aliphatic heterocycles. The maximum atomic E-state index is 9.31. The molecule has 3 heterocycles. The number of nitriles is 1. The van der Waals surface area contributed by atoms with Gasteiger partial charge in [-0.2, -0.15) is 0 Å². The van der Waals surface area contributed by atoms with Gasteiger partial charge in [-0.1, -0.05) is 0 Å². The normalized spacial score (nSPS) is 13.4. The Hall–Kier alpha value is -3.52. The summed E-state index contributed by atoms with van der Waals surface area (Å²) in [6.07, 6.45) is 11.1. The summed E-state index contributed by atoms with van der Waals surface area (Å²) in [6, 6.07) is 10.2. The predicted octanol–water partition coefficient (Wildman–Crippen LogP) is 6.16. The van der Waals surface area contributed by atoms with E-state index in [1.54, 1.807) is 34.8 Å². The molecule has 31 heavy (non-hydrogen) atoms. The number of hydrogen-bond donors (Lipinski definition) is 0. The summed E-state index contributed by atoms with van der Waals surface area (Å²) in [7, 11) is 8.04. The van der Waals surface area contributed by atoms with Gasteiger partial charge in [0, 0.05) is 37.9 Å². The molecule has 1 aliphatic rings. The van der Waals surface area contributed by atoms with E-state index in [-0.39, 0.29) is 5.70 Å². The van der Waals surface area contributed by atoms with E-state index in [0.717, 1.165) is 19.8 Å². The molecule has 0 N–H and O–H groups in total. The van der Waals surface area contributed by atoms with Gasteiger partial charge in [-0.25, -0.2) is 10.1 Å². The smallest absolute Gasteiger partial charge is 0.269 e. The summed E-state index contributed by atoms with van der Waals surface area (Å²) in [5.41, 5.74) is 0.584. The van der Waals surface area contributed by atoms with Crippen molar-refractivity contribution in [2.75, 3.05) is 38.0 Å². The van der Waals surface area contributed by atoms with Crippen molar-refractivity contribution in [1.29, 1.82) is 5.26 Å². The van der Waals surface area contributed by atoms with Gasteiger partial charge in [-0.3, -0.25) is 0 Å². The number of ether oxygens (including phenoxy) is 1. The Morgan fingerprint density at radius 2 is 1.39 bits per heavy atom. The van der Waals surface area contributed by atoms with Crippen molar-refractivity contribution in [3.8, 4) is 6.07 Å². The van der Waals surface area contributed by atoms with Crippen molar-refractivity contribution in [2.24, 2.45) is 0 Å². The van der Waals surface area contributed by atoms with Crippen LogP contribution in [0, 0.1) is 17.9 Å². The predicted molar refractivity (Wildman–Crippen MR) is 132 cm³/mol. The van der Waals surface area contributed by atoms with Crippen LogP contribution in [-0.2, 0) is 4.74 Å². The quantitative estimate of drug-likeness (QED) is 0.394. The minimum atomic E-state index is 0.0390. The van der Waals surface area contributed by atoms with Crippen molar-refractivity contribution in [3.63, 3.8) is 0 Å². The highest BCUT2D eigenvalue weighted by Crippen LogP contribution is 2.29. The molecule has 0 fully saturated rings. The summed E-state index contributed by atoms with van der Waals surface area (Å²) in [4.78, 5) is 9.65. The summed E-state index contributed by atoms with van der Waals surface area (Å²) < 4.78 is 6.00. The van der Waals surface area contributed by atoms with Crippen LogP contribution in [0.2, 0.25) is 0 Å². The first-order chi connectivity index (χ1) is 14.9. The van der Waals surface area contributed by atoms with Crippen LogP contribution in [0.25, 0.3) is 17.0 Å². The molecule has 0 bridgehead atoms. The van der Waals surface area contributed by atoms with Gasteiger partial charge < -0.3 is 14.5 Å². The Balaban J connectivity index is 1.86. The van der Waals surface area contributed by atoms with Crippen LogP contribution in [0.15, 0.2) is 71.4 Å². The highest BCUT2D eigenvalue weighted by Gasteiger charge is 2.12. The van der Waals surface area contributed by atoms with Gasteiger partial charge in [0.2, 0.25) is 0 Å². The molecule has 5 nitrogen and oxygen atoms in total. The van der Waals surface area contributed by atoms with Gasteiger partial charge in [0.05, 0.1) is 22.6 Å². The lowest BCUT2D eigenvalue weighted by atomic mass is 10.1. The molecule has 0 aliphatic carbocycles. The number of nitrogens with zero attached hydrogens (tertiary/aromatic N) is 4. The van der Waals surface area contributed by atoms with Crippen LogP contribution >= 0.6 is 22.7 Å². The van der Waals surface area contributed by atoms with E-state index in [4.69, 9.17) is 11.3 Å². The minimum Gasteiger partial charge on any atom is -0.457 e. The van der Waals surface area contributed by atoms with E-state index in [1.165, 1.54) is 0 Å². The SMILES string of the molecule is [C-]#[N+]C(C#N)=C1C=C(/C=C/c2ccc(N(C)C)s2)OC(/C=C/c2ccc(N(C)C)s2)=C1. The molecule has 0 amide bonds. The third-order valence-electron chi connectivity index (χ3n) is 4.25. The van der Waals surface area contributed by atoms with Crippen LogP contribution in [-0.4, -0.2) is 28.2 Å². The van der Waals surface area contributed by atoms with Crippen molar-refractivity contribution in [3.05, 3.63) is 92.5 Å². The Morgan fingerprint density at radius 1 is 0.903 bits per heavy atom. The molecule has 156 valence electrons. The number of rotatable bonds is 6. The summed E-state index contributed by atoms with van der Waals surface area (Å²) in [5.74, 6) is 1.15. The van der Waals surface area contributed by atoms with Gasteiger partial charge in [0.1, 0.15) is 11.5 Å². The second-order valence-corrected chi connectivity index (χ2v) is 9.22. The zero-order chi connectivity index (χ0) is 22.4. The summed E-state index contributed by atoms with van der Waals surface area (Å²) >= 11 is 3.34. The van der Waals surface area contributed by atoms with Crippen LogP contribution in [0.5, 0.6) is 0 Å². The standard InChI is InChI=1S/C24H22N4OS2/c1-26-22(16-25)17-14-18(6-8-20-10-12-23(30-20)27(2)3)29-19(15-17)7-9-21-11-13-24(31-21)28(4)5/h6-15H,2-5H3/b8-6+,9-7+. The van der Waals surface area contributed by atoms with Crippen molar-refractivity contribution in [1.82, 2.24) is 0 Å². The molecule has 2 aromatic heterocycles. The molecular weight excluding hydrogens is 424 g/mol. The molecule has 0 spiro atoms. The lowest BCUT2D eigenvalue weighted by Crippen LogP contribution is -2.05. The number of allylic oxidation sites excluding steroid dienone is 6. The Morgan fingerprint density at radius 3 is 1.74 bits per heavy atom. The van der Waals surface area contributed by atoms with Crippen LogP contribution < -0.4 is 9.80 Å². The first kappa shape index (κ1) is 22.2. The third-order valence-corrected chi connectivity index (χ3v) is 6.69. The van der Waals surface area contributed by atoms with Gasteiger partial charge in [-0.05, 0) is 66.3 Å². The fourth-order valence-electron chi connectivity index (χ4n) is 2.67. The van der Waals surface area contributed by atoms with Crippen molar-refractivity contribution >= 4 is 44.8 Å². The maximum absolute atomic E-state index is 9.31. The van der Waals surface area contributed by atoms with E-state index in [0.29, 0.717) is 17.1 Å². The minimum absolute atomic E-state index is 0.0390. The van der Waals surface area contributed by atoms with Gasteiger partial charge in [0.25, 0.3) is 5.70 Å². The van der Waals surface area contributed by atoms with Crippen LogP contribution in [0.3, 0.4) is 0 Å². The zero-order valence-electron chi connectivity index (χ0n) is 17.8.